The van der Waals surface area contributed by atoms with Crippen molar-refractivity contribution in [2.75, 3.05) is 0 Å². The molecule has 0 aliphatic heterocycles. The number of para-hydroxylation sites is 6. The van der Waals surface area contributed by atoms with Gasteiger partial charge in [0.25, 0.3) is 0 Å². The summed E-state index contributed by atoms with van der Waals surface area (Å²) in [4.78, 5) is 15.9. The predicted octanol–water partition coefficient (Wildman–Crippen LogP) is 24.2. The van der Waals surface area contributed by atoms with Crippen molar-refractivity contribution < 1.29 is 0 Å². The lowest BCUT2D eigenvalue weighted by Crippen LogP contribution is -2.00. The molecule has 0 spiro atoms. The van der Waals surface area contributed by atoms with Crippen LogP contribution in [0.2, 0.25) is 0 Å². The first-order valence-corrected chi connectivity index (χ1v) is 33.7. The first-order valence-electron chi connectivity index (χ1n) is 33.7. The smallest absolute Gasteiger partial charge is 0.160 e. The molecular weight excluding hydrogens is 1200 g/mol. The fourth-order valence-electron chi connectivity index (χ4n) is 14.9. The molecule has 6 nitrogen and oxygen atoms in total. The average molecular weight is 1260 g/mol. The van der Waals surface area contributed by atoms with Gasteiger partial charge in [-0.3, -0.25) is 0 Å². The zero-order valence-corrected chi connectivity index (χ0v) is 53.8. The average Bonchev–Trinajstić information content (AvgIpc) is 1.61. The third-order valence-electron chi connectivity index (χ3n) is 19.7. The molecule has 5 heterocycles. The van der Waals surface area contributed by atoms with E-state index in [2.05, 4.69) is 359 Å². The fraction of sp³-hybridized carbons (Fsp3) is 0. The Kier molecular flexibility index (Phi) is 13.8. The Morgan fingerprint density at radius 3 is 0.808 bits per heavy atom. The van der Waals surface area contributed by atoms with E-state index in [1.165, 1.54) is 48.9 Å². The Labute approximate surface area is 572 Å². The van der Waals surface area contributed by atoms with Crippen LogP contribution in [0.4, 0.5) is 0 Å². The van der Waals surface area contributed by atoms with Gasteiger partial charge in [0.15, 0.2) is 5.82 Å². The van der Waals surface area contributed by atoms with E-state index in [1.807, 2.05) is 18.2 Å². The largest absolute Gasteiger partial charge is 0.309 e. The summed E-state index contributed by atoms with van der Waals surface area (Å²) < 4.78 is 7.22. The van der Waals surface area contributed by atoms with Gasteiger partial charge in [0.05, 0.1) is 55.9 Å². The Morgan fingerprint density at radius 1 is 0.152 bits per heavy atom. The molecule has 0 amide bonds. The number of fused-ring (bicyclic) bond motifs is 9. The second-order valence-corrected chi connectivity index (χ2v) is 25.5. The van der Waals surface area contributed by atoms with Gasteiger partial charge in [-0.05, 0) is 136 Å². The van der Waals surface area contributed by atoms with Crippen molar-refractivity contribution in [3.8, 4) is 118 Å². The van der Waals surface area contributed by atoms with Crippen molar-refractivity contribution in [2.24, 2.45) is 0 Å². The quantitative estimate of drug-likeness (QED) is 0.122. The van der Waals surface area contributed by atoms with Crippen molar-refractivity contribution in [1.29, 1.82) is 0 Å². The molecule has 99 heavy (non-hydrogen) atoms. The lowest BCUT2D eigenvalue weighted by molar-refractivity contribution is 1.13. The summed E-state index contributed by atoms with van der Waals surface area (Å²) >= 11 is 0. The minimum Gasteiger partial charge on any atom is -0.309 e. The predicted molar refractivity (Wildman–Crippen MR) is 412 cm³/mol. The molecule has 0 aliphatic carbocycles. The number of nitrogens with zero attached hydrogens (tertiary/aromatic N) is 6. The molecule has 0 atom stereocenters. The number of benzene rings is 14. The number of pyridine rings is 1. The molecule has 14 aromatic carbocycles. The Hall–Kier alpha value is -13.3. The van der Waals surface area contributed by atoms with Crippen molar-refractivity contribution in [3.05, 3.63) is 364 Å². The van der Waals surface area contributed by atoms with Crippen molar-refractivity contribution in [1.82, 2.24) is 28.7 Å². The van der Waals surface area contributed by atoms with E-state index in [9.17, 15) is 0 Å². The third-order valence-corrected chi connectivity index (χ3v) is 19.7. The highest BCUT2D eigenvalue weighted by Crippen LogP contribution is 2.42. The molecule has 6 heteroatoms. The second kappa shape index (κ2) is 23.9. The Bertz CT molecular complexity index is 6010. The molecule has 19 rings (SSSR count). The van der Waals surface area contributed by atoms with E-state index >= 15 is 0 Å². The van der Waals surface area contributed by atoms with Gasteiger partial charge in [-0.2, -0.15) is 0 Å². The van der Waals surface area contributed by atoms with Crippen LogP contribution < -0.4 is 0 Å². The highest BCUT2D eigenvalue weighted by atomic mass is 15.0. The highest BCUT2D eigenvalue weighted by Gasteiger charge is 2.21. The monoisotopic (exact) mass is 1260 g/mol. The summed E-state index contributed by atoms with van der Waals surface area (Å²) in [5.74, 6) is 0.682. The molecule has 0 aliphatic rings. The lowest BCUT2D eigenvalue weighted by atomic mass is 9.96. The zero-order valence-electron chi connectivity index (χ0n) is 53.8. The van der Waals surface area contributed by atoms with Gasteiger partial charge < -0.3 is 13.7 Å². The molecule has 5 aromatic heterocycles. The summed E-state index contributed by atoms with van der Waals surface area (Å²) in [6.45, 7) is 0. The first kappa shape index (κ1) is 57.2. The normalized spacial score (nSPS) is 11.6. The van der Waals surface area contributed by atoms with E-state index < -0.39 is 0 Å². The first-order chi connectivity index (χ1) is 49.0. The number of aromatic nitrogens is 6. The molecule has 462 valence electrons. The maximum atomic E-state index is 5.54. The summed E-state index contributed by atoms with van der Waals surface area (Å²) in [5.41, 5.74) is 27.7. The van der Waals surface area contributed by atoms with Crippen LogP contribution in [0.5, 0.6) is 0 Å². The standard InChI is InChI=1S/C93H60N6/c1-3-20-61(21-4-1)62-38-44-65(45-39-62)83-57-73(72-55-75(98-89-34-15-9-28-79(89)80-29-10-16-35-90(80)98)59-76(56-72)99-91-36-17-11-30-81(91)82-31-12-18-37-92(82)99)58-84(94-83)66-46-40-63(41-47-66)70-24-19-25-71(54-70)64-42-48-67(49-43-64)85-60-86(96-93(95-85)69-22-5-2-6-23-69)68-50-52-74(53-51-68)97-87-32-13-7-26-77(87)78-27-8-14-33-88(78)97/h1-60H. The molecule has 0 saturated carbocycles. The van der Waals surface area contributed by atoms with Crippen LogP contribution in [0.3, 0.4) is 0 Å². The maximum absolute atomic E-state index is 5.54. The molecule has 19 aromatic rings. The maximum Gasteiger partial charge on any atom is 0.160 e. The molecule has 0 unspecified atom stereocenters. The van der Waals surface area contributed by atoms with Gasteiger partial charge in [0, 0.05) is 77.2 Å². The van der Waals surface area contributed by atoms with E-state index in [-0.39, 0.29) is 0 Å². The minimum absolute atomic E-state index is 0.682. The fourth-order valence-corrected chi connectivity index (χ4v) is 14.9. The highest BCUT2D eigenvalue weighted by molar-refractivity contribution is 6.12. The molecular formula is C93H60N6. The molecule has 0 N–H and O–H groups in total. The van der Waals surface area contributed by atoms with Gasteiger partial charge >= 0.3 is 0 Å². The molecule has 0 radical (unpaired) electrons. The van der Waals surface area contributed by atoms with Crippen LogP contribution in [0.15, 0.2) is 364 Å². The SMILES string of the molecule is c1ccc(-c2ccc(-c3cc(-c4cc(-n5c6ccccc6c6ccccc65)cc(-n5c6ccccc6c6ccccc65)c4)cc(-c4ccc(-c5cccc(-c6ccc(-c7cc(-c8ccc(-n9c%10ccccc%10c%10ccccc%109)cc8)nc(-c8ccccc8)n7)cc6)c5)cc4)n3)cc2)cc1. The number of hydrogen-bond donors (Lipinski definition) is 0. The number of hydrogen-bond acceptors (Lipinski definition) is 3. The van der Waals surface area contributed by atoms with Gasteiger partial charge in [-0.15, -0.1) is 0 Å². The van der Waals surface area contributed by atoms with Crippen molar-refractivity contribution in [2.45, 2.75) is 0 Å². The lowest BCUT2D eigenvalue weighted by Gasteiger charge is -2.17. The Morgan fingerprint density at radius 2 is 0.424 bits per heavy atom. The summed E-state index contributed by atoms with van der Waals surface area (Å²) in [6, 6.07) is 131. The van der Waals surface area contributed by atoms with Crippen LogP contribution in [0, 0.1) is 0 Å². The van der Waals surface area contributed by atoms with E-state index in [0.29, 0.717) is 5.82 Å². The molecule has 0 bridgehead atoms. The van der Waals surface area contributed by atoms with Gasteiger partial charge in [0.1, 0.15) is 0 Å². The van der Waals surface area contributed by atoms with Crippen molar-refractivity contribution >= 4 is 65.4 Å². The van der Waals surface area contributed by atoms with Crippen LogP contribution in [-0.2, 0) is 0 Å². The Balaban J connectivity index is 0.677. The van der Waals surface area contributed by atoms with Crippen molar-refractivity contribution in [3.63, 3.8) is 0 Å². The minimum atomic E-state index is 0.682. The zero-order chi connectivity index (χ0) is 65.3. The number of rotatable bonds is 12. The van der Waals surface area contributed by atoms with Crippen LogP contribution in [0.25, 0.3) is 183 Å². The van der Waals surface area contributed by atoms with Crippen LogP contribution in [-0.4, -0.2) is 28.7 Å². The van der Waals surface area contributed by atoms with Gasteiger partial charge in [-0.25, -0.2) is 15.0 Å². The van der Waals surface area contributed by atoms with Gasteiger partial charge in [-0.1, -0.05) is 273 Å². The summed E-state index contributed by atoms with van der Waals surface area (Å²) in [6.07, 6.45) is 0. The summed E-state index contributed by atoms with van der Waals surface area (Å²) in [7, 11) is 0. The van der Waals surface area contributed by atoms with E-state index in [0.717, 1.165) is 129 Å². The molecule has 0 fully saturated rings. The molecule has 0 saturated heterocycles. The van der Waals surface area contributed by atoms with E-state index in [1.54, 1.807) is 0 Å². The van der Waals surface area contributed by atoms with Crippen LogP contribution >= 0.6 is 0 Å². The van der Waals surface area contributed by atoms with E-state index in [4.69, 9.17) is 15.0 Å². The topological polar surface area (TPSA) is 53.5 Å². The van der Waals surface area contributed by atoms with Gasteiger partial charge in [0.2, 0.25) is 0 Å². The summed E-state index contributed by atoms with van der Waals surface area (Å²) in [5, 5.41) is 7.35. The third kappa shape index (κ3) is 10.2. The second-order valence-electron chi connectivity index (χ2n) is 25.5. The van der Waals surface area contributed by atoms with Crippen LogP contribution in [0.1, 0.15) is 0 Å².